The van der Waals surface area contributed by atoms with Gasteiger partial charge in [0.05, 0.1) is 5.02 Å². The van der Waals surface area contributed by atoms with Crippen LogP contribution in [0.15, 0.2) is 36.4 Å². The zero-order chi connectivity index (χ0) is 13.8. The van der Waals surface area contributed by atoms with Crippen LogP contribution < -0.4 is 10.1 Å². The van der Waals surface area contributed by atoms with E-state index in [1.807, 2.05) is 32.2 Å². The first-order valence-corrected chi connectivity index (χ1v) is 6.73. The first-order valence-electron chi connectivity index (χ1n) is 5.98. The van der Waals surface area contributed by atoms with Crippen LogP contribution >= 0.6 is 23.2 Å². The molecule has 0 atom stereocenters. The monoisotopic (exact) mass is 295 g/mol. The zero-order valence-corrected chi connectivity index (χ0v) is 12.3. The molecule has 0 heterocycles. The van der Waals surface area contributed by atoms with Gasteiger partial charge >= 0.3 is 0 Å². The van der Waals surface area contributed by atoms with Crippen LogP contribution in [0.5, 0.6) is 11.5 Å². The lowest BCUT2D eigenvalue weighted by Crippen LogP contribution is -2.05. The summed E-state index contributed by atoms with van der Waals surface area (Å²) in [5.74, 6) is 1.36. The lowest BCUT2D eigenvalue weighted by molar-refractivity contribution is 0.478. The number of aryl methyl sites for hydroxylation is 1. The van der Waals surface area contributed by atoms with Crippen molar-refractivity contribution in [1.29, 1.82) is 0 Å². The van der Waals surface area contributed by atoms with Gasteiger partial charge in [-0.1, -0.05) is 41.4 Å². The maximum absolute atomic E-state index is 6.13. The molecule has 0 aliphatic heterocycles. The lowest BCUT2D eigenvalue weighted by atomic mass is 10.1. The SMILES string of the molecule is CNCc1ccc(C)c(Oc2cccc(Cl)c2Cl)c1. The van der Waals surface area contributed by atoms with E-state index < -0.39 is 0 Å². The molecule has 0 saturated heterocycles. The number of rotatable bonds is 4. The molecule has 0 amide bonds. The molecule has 0 bridgehead atoms. The second kappa shape index (κ2) is 6.29. The van der Waals surface area contributed by atoms with E-state index in [-0.39, 0.29) is 0 Å². The fourth-order valence-corrected chi connectivity index (χ4v) is 2.08. The summed E-state index contributed by atoms with van der Waals surface area (Å²) >= 11 is 12.1. The molecule has 0 radical (unpaired) electrons. The summed E-state index contributed by atoms with van der Waals surface area (Å²) in [4.78, 5) is 0. The van der Waals surface area contributed by atoms with Gasteiger partial charge in [-0.3, -0.25) is 0 Å². The minimum atomic E-state index is 0.433. The molecule has 1 N–H and O–H groups in total. The van der Waals surface area contributed by atoms with Gasteiger partial charge in [0.2, 0.25) is 0 Å². The molecule has 19 heavy (non-hydrogen) atoms. The molecule has 0 aromatic heterocycles. The Morgan fingerprint density at radius 2 is 1.89 bits per heavy atom. The van der Waals surface area contributed by atoms with E-state index in [0.29, 0.717) is 15.8 Å². The number of hydrogen-bond donors (Lipinski definition) is 1. The molecule has 100 valence electrons. The average molecular weight is 296 g/mol. The zero-order valence-electron chi connectivity index (χ0n) is 10.8. The van der Waals surface area contributed by atoms with Crippen molar-refractivity contribution < 1.29 is 4.74 Å². The van der Waals surface area contributed by atoms with Gasteiger partial charge in [0, 0.05) is 6.54 Å². The quantitative estimate of drug-likeness (QED) is 0.874. The molecule has 2 rings (SSSR count). The minimum absolute atomic E-state index is 0.433. The lowest BCUT2D eigenvalue weighted by Gasteiger charge is -2.12. The van der Waals surface area contributed by atoms with Gasteiger partial charge in [-0.15, -0.1) is 0 Å². The third-order valence-corrected chi connectivity index (χ3v) is 3.57. The highest BCUT2D eigenvalue weighted by atomic mass is 35.5. The number of halogens is 2. The predicted octanol–water partition coefficient (Wildman–Crippen LogP) is 4.81. The number of nitrogens with one attached hydrogen (secondary N) is 1. The van der Waals surface area contributed by atoms with E-state index in [0.717, 1.165) is 23.4 Å². The summed E-state index contributed by atoms with van der Waals surface area (Å²) in [5, 5.41) is 4.03. The highest BCUT2D eigenvalue weighted by Gasteiger charge is 2.08. The van der Waals surface area contributed by atoms with Gasteiger partial charge in [-0.2, -0.15) is 0 Å². The standard InChI is InChI=1S/C15H15Cl2NO/c1-10-6-7-11(9-18-2)8-14(10)19-13-5-3-4-12(16)15(13)17/h3-8,18H,9H2,1-2H3. The summed E-state index contributed by atoms with van der Waals surface area (Å²) < 4.78 is 5.86. The summed E-state index contributed by atoms with van der Waals surface area (Å²) in [7, 11) is 1.91. The van der Waals surface area contributed by atoms with Gasteiger partial charge in [0.25, 0.3) is 0 Å². The van der Waals surface area contributed by atoms with Crippen molar-refractivity contribution in [2.24, 2.45) is 0 Å². The van der Waals surface area contributed by atoms with Crippen molar-refractivity contribution in [2.75, 3.05) is 7.05 Å². The Morgan fingerprint density at radius 1 is 1.11 bits per heavy atom. The second-order valence-corrected chi connectivity index (χ2v) is 5.07. The van der Waals surface area contributed by atoms with Gasteiger partial charge in [-0.25, -0.2) is 0 Å². The predicted molar refractivity (Wildman–Crippen MR) is 80.5 cm³/mol. The second-order valence-electron chi connectivity index (χ2n) is 4.28. The first kappa shape index (κ1) is 14.2. The summed E-state index contributed by atoms with van der Waals surface area (Å²) in [6.07, 6.45) is 0. The minimum Gasteiger partial charge on any atom is -0.455 e. The van der Waals surface area contributed by atoms with E-state index >= 15 is 0 Å². The van der Waals surface area contributed by atoms with Gasteiger partial charge in [0.15, 0.2) is 0 Å². The van der Waals surface area contributed by atoms with Crippen LogP contribution in [-0.2, 0) is 6.54 Å². The van der Waals surface area contributed by atoms with Crippen molar-refractivity contribution in [1.82, 2.24) is 5.32 Å². The molecule has 2 aromatic rings. The molecular weight excluding hydrogens is 281 g/mol. The normalized spacial score (nSPS) is 10.5. The number of hydrogen-bond acceptors (Lipinski definition) is 2. The van der Waals surface area contributed by atoms with Gasteiger partial charge in [0.1, 0.15) is 16.5 Å². The Bertz CT molecular complexity index is 584. The van der Waals surface area contributed by atoms with Crippen LogP contribution in [0.1, 0.15) is 11.1 Å². The molecule has 0 spiro atoms. The van der Waals surface area contributed by atoms with Gasteiger partial charge in [-0.05, 0) is 43.3 Å². The third kappa shape index (κ3) is 3.41. The molecule has 4 heteroatoms. The Hall–Kier alpha value is -1.22. The van der Waals surface area contributed by atoms with Crippen LogP contribution in [-0.4, -0.2) is 7.05 Å². The highest BCUT2D eigenvalue weighted by molar-refractivity contribution is 6.42. The van der Waals surface area contributed by atoms with Crippen molar-refractivity contribution in [3.05, 3.63) is 57.6 Å². The van der Waals surface area contributed by atoms with Crippen molar-refractivity contribution >= 4 is 23.2 Å². The molecule has 2 aromatic carbocycles. The summed E-state index contributed by atoms with van der Waals surface area (Å²) in [6.45, 7) is 2.79. The Labute approximate surface area is 123 Å². The van der Waals surface area contributed by atoms with Crippen LogP contribution in [0.25, 0.3) is 0 Å². The topological polar surface area (TPSA) is 21.3 Å². The van der Waals surface area contributed by atoms with Gasteiger partial charge < -0.3 is 10.1 Å². The number of ether oxygens (including phenoxy) is 1. The summed E-state index contributed by atoms with van der Waals surface area (Å²) in [6, 6.07) is 11.5. The van der Waals surface area contributed by atoms with E-state index in [1.165, 1.54) is 0 Å². The molecule has 2 nitrogen and oxygen atoms in total. The Balaban J connectivity index is 2.32. The van der Waals surface area contributed by atoms with Crippen LogP contribution in [0, 0.1) is 6.92 Å². The Morgan fingerprint density at radius 3 is 2.63 bits per heavy atom. The molecule has 0 aliphatic rings. The Kier molecular flexibility index (Phi) is 4.70. The number of benzene rings is 2. The smallest absolute Gasteiger partial charge is 0.147 e. The first-order chi connectivity index (χ1) is 9.11. The van der Waals surface area contributed by atoms with E-state index in [4.69, 9.17) is 27.9 Å². The fraction of sp³-hybridized carbons (Fsp3) is 0.200. The van der Waals surface area contributed by atoms with Crippen molar-refractivity contribution in [3.8, 4) is 11.5 Å². The third-order valence-electron chi connectivity index (χ3n) is 2.77. The van der Waals surface area contributed by atoms with Crippen LogP contribution in [0.2, 0.25) is 10.0 Å². The van der Waals surface area contributed by atoms with Crippen molar-refractivity contribution in [2.45, 2.75) is 13.5 Å². The van der Waals surface area contributed by atoms with Crippen LogP contribution in [0.4, 0.5) is 0 Å². The largest absolute Gasteiger partial charge is 0.455 e. The molecule has 0 fully saturated rings. The van der Waals surface area contributed by atoms with E-state index in [2.05, 4.69) is 11.4 Å². The average Bonchev–Trinajstić information content (AvgIpc) is 2.39. The van der Waals surface area contributed by atoms with Crippen molar-refractivity contribution in [3.63, 3.8) is 0 Å². The maximum atomic E-state index is 6.13. The summed E-state index contributed by atoms with van der Waals surface area (Å²) in [5.41, 5.74) is 2.21. The molecular formula is C15H15Cl2NO. The fourth-order valence-electron chi connectivity index (χ4n) is 1.75. The van der Waals surface area contributed by atoms with E-state index in [9.17, 15) is 0 Å². The van der Waals surface area contributed by atoms with E-state index in [1.54, 1.807) is 12.1 Å². The molecule has 0 saturated carbocycles. The van der Waals surface area contributed by atoms with Crippen LogP contribution in [0.3, 0.4) is 0 Å². The maximum Gasteiger partial charge on any atom is 0.147 e. The molecule has 0 unspecified atom stereocenters. The molecule has 0 aliphatic carbocycles. The highest BCUT2D eigenvalue weighted by Crippen LogP contribution is 2.35.